The third kappa shape index (κ3) is 2.59. The number of ketones is 1. The zero-order valence-corrected chi connectivity index (χ0v) is 11.5. The van der Waals surface area contributed by atoms with Crippen molar-refractivity contribution in [2.45, 2.75) is 38.5 Å². The van der Waals surface area contributed by atoms with Gasteiger partial charge in [-0.25, -0.2) is 0 Å². The number of aromatic nitrogens is 2. The molecule has 1 unspecified atom stereocenters. The van der Waals surface area contributed by atoms with Crippen LogP contribution in [-0.2, 0) is 6.54 Å². The van der Waals surface area contributed by atoms with Crippen LogP contribution < -0.4 is 5.73 Å². The number of alkyl halides is 3. The molecule has 8 heteroatoms. The van der Waals surface area contributed by atoms with Crippen molar-refractivity contribution in [1.82, 2.24) is 9.78 Å². The maximum atomic E-state index is 12.7. The number of carbonyl (C=O) groups excluding carboxylic acids is 1. The molecule has 0 fully saturated rings. The lowest BCUT2D eigenvalue weighted by Gasteiger charge is -2.26. The topological polar surface area (TPSA) is 60.9 Å². The number of nitrogens with two attached hydrogens (primary N) is 1. The molecule has 0 saturated heterocycles. The van der Waals surface area contributed by atoms with E-state index in [1.807, 2.05) is 6.92 Å². The molecular formula is C10H13BrF3N3O. The average Bonchev–Trinajstić information content (AvgIpc) is 2.58. The van der Waals surface area contributed by atoms with Crippen LogP contribution >= 0.6 is 15.9 Å². The summed E-state index contributed by atoms with van der Waals surface area (Å²) in [5, 5.41) is 3.85. The van der Waals surface area contributed by atoms with Crippen LogP contribution in [0.1, 0.15) is 30.8 Å². The third-order valence-corrected chi connectivity index (χ3v) is 3.09. The smallest absolute Gasteiger partial charge is 0.311 e. The molecule has 1 aromatic rings. The van der Waals surface area contributed by atoms with E-state index in [4.69, 9.17) is 5.73 Å². The van der Waals surface area contributed by atoms with E-state index in [2.05, 4.69) is 21.0 Å². The fourth-order valence-corrected chi connectivity index (χ4v) is 1.82. The molecule has 0 radical (unpaired) electrons. The van der Waals surface area contributed by atoms with Crippen molar-refractivity contribution in [3.63, 3.8) is 0 Å². The fraction of sp³-hybridized carbons (Fsp3) is 0.600. The van der Waals surface area contributed by atoms with Gasteiger partial charge in [-0.05, 0) is 29.3 Å². The van der Waals surface area contributed by atoms with Crippen molar-refractivity contribution < 1.29 is 18.0 Å². The first kappa shape index (κ1) is 15.2. The van der Waals surface area contributed by atoms with Crippen LogP contribution in [0.4, 0.5) is 13.2 Å². The third-order valence-electron chi connectivity index (χ3n) is 2.51. The van der Waals surface area contributed by atoms with Gasteiger partial charge in [0.25, 0.3) is 0 Å². The van der Waals surface area contributed by atoms with Crippen LogP contribution in [0.5, 0.6) is 0 Å². The van der Waals surface area contributed by atoms with E-state index in [1.54, 1.807) is 0 Å². The molecule has 2 N–H and O–H groups in total. The van der Waals surface area contributed by atoms with Gasteiger partial charge < -0.3 is 5.73 Å². The first-order chi connectivity index (χ1) is 8.13. The summed E-state index contributed by atoms with van der Waals surface area (Å²) in [6.45, 7) is 2.83. The van der Waals surface area contributed by atoms with Crippen LogP contribution in [0.15, 0.2) is 10.7 Å². The number of carbonyl (C=O) groups is 1. The van der Waals surface area contributed by atoms with E-state index in [0.29, 0.717) is 19.9 Å². The first-order valence-electron chi connectivity index (χ1n) is 5.24. The van der Waals surface area contributed by atoms with E-state index < -0.39 is 17.5 Å². The van der Waals surface area contributed by atoms with Crippen molar-refractivity contribution in [1.29, 1.82) is 0 Å². The molecule has 102 valence electrons. The van der Waals surface area contributed by atoms with Gasteiger partial charge in [-0.1, -0.05) is 6.92 Å². The Labute approximate surface area is 110 Å². The van der Waals surface area contributed by atoms with Crippen LogP contribution in [-0.4, -0.2) is 27.3 Å². The Kier molecular flexibility index (Phi) is 4.22. The van der Waals surface area contributed by atoms with Crippen LogP contribution in [0.2, 0.25) is 0 Å². The van der Waals surface area contributed by atoms with Gasteiger partial charge in [0.05, 0.1) is 10.7 Å². The molecule has 0 spiro atoms. The van der Waals surface area contributed by atoms with E-state index in [-0.39, 0.29) is 10.2 Å². The highest BCUT2D eigenvalue weighted by atomic mass is 79.9. The van der Waals surface area contributed by atoms with Gasteiger partial charge in [-0.3, -0.25) is 9.48 Å². The normalized spacial score (nSPS) is 15.5. The van der Waals surface area contributed by atoms with Crippen LogP contribution in [0.3, 0.4) is 0 Å². The molecule has 1 atom stereocenters. The Morgan fingerprint density at radius 3 is 2.56 bits per heavy atom. The summed E-state index contributed by atoms with van der Waals surface area (Å²) in [6, 6.07) is 0. The number of hydrogen-bond donors (Lipinski definition) is 1. The van der Waals surface area contributed by atoms with Gasteiger partial charge >= 0.3 is 6.18 Å². The monoisotopic (exact) mass is 327 g/mol. The van der Waals surface area contributed by atoms with Gasteiger partial charge in [0.2, 0.25) is 5.78 Å². The number of Topliss-reactive ketones (excluding diaryl/α,β-unsaturated/α-hetero) is 1. The maximum absolute atomic E-state index is 12.7. The Hall–Kier alpha value is -0.890. The molecule has 0 aliphatic rings. The standard InChI is InChI=1S/C10H13BrF3N3O/c1-3-4-17-7(6(11)5-16-17)8(18)9(2,15)10(12,13)14/h5H,3-4,15H2,1-2H3. The number of aryl methyl sites for hydroxylation is 1. The summed E-state index contributed by atoms with van der Waals surface area (Å²) in [4.78, 5) is 12.0. The van der Waals surface area contributed by atoms with Crippen LogP contribution in [0, 0.1) is 0 Å². The van der Waals surface area contributed by atoms with Gasteiger partial charge in [-0.15, -0.1) is 0 Å². The molecule has 0 bridgehead atoms. The Morgan fingerprint density at radius 1 is 1.56 bits per heavy atom. The Morgan fingerprint density at radius 2 is 2.11 bits per heavy atom. The summed E-state index contributed by atoms with van der Waals surface area (Å²) < 4.78 is 39.6. The molecule has 0 saturated carbocycles. The Balaban J connectivity index is 3.23. The van der Waals surface area contributed by atoms with E-state index in [1.165, 1.54) is 10.9 Å². The van der Waals surface area contributed by atoms with Crippen molar-refractivity contribution >= 4 is 21.7 Å². The SMILES string of the molecule is CCCn1ncc(Br)c1C(=O)C(C)(N)C(F)(F)F. The highest BCUT2D eigenvalue weighted by Crippen LogP contribution is 2.32. The summed E-state index contributed by atoms with van der Waals surface area (Å²) >= 11 is 3.02. The molecule has 1 rings (SSSR count). The summed E-state index contributed by atoms with van der Waals surface area (Å²) in [5.74, 6) is -1.20. The minimum Gasteiger partial charge on any atom is -0.311 e. The Bertz CT molecular complexity index is 454. The predicted molar refractivity (Wildman–Crippen MR) is 63.2 cm³/mol. The first-order valence-corrected chi connectivity index (χ1v) is 6.04. The minimum absolute atomic E-state index is 0.154. The molecule has 4 nitrogen and oxygen atoms in total. The van der Waals surface area contributed by atoms with Gasteiger partial charge in [-0.2, -0.15) is 18.3 Å². The van der Waals surface area contributed by atoms with E-state index in [9.17, 15) is 18.0 Å². The molecule has 18 heavy (non-hydrogen) atoms. The quantitative estimate of drug-likeness (QED) is 0.864. The molecule has 0 aliphatic heterocycles. The van der Waals surface area contributed by atoms with Crippen molar-refractivity contribution in [3.8, 4) is 0 Å². The zero-order valence-electron chi connectivity index (χ0n) is 9.88. The molecule has 0 aliphatic carbocycles. The molecule has 1 heterocycles. The second-order valence-corrected chi connectivity index (χ2v) is 4.95. The van der Waals surface area contributed by atoms with Crippen LogP contribution in [0.25, 0.3) is 0 Å². The van der Waals surface area contributed by atoms with Gasteiger partial charge in [0, 0.05) is 6.54 Å². The van der Waals surface area contributed by atoms with E-state index in [0.717, 1.165) is 0 Å². The molecule has 0 aromatic carbocycles. The lowest BCUT2D eigenvalue weighted by Crippen LogP contribution is -2.57. The highest BCUT2D eigenvalue weighted by Gasteiger charge is 2.55. The number of nitrogens with zero attached hydrogens (tertiary/aromatic N) is 2. The second kappa shape index (κ2) is 5.00. The molecule has 1 aromatic heterocycles. The van der Waals surface area contributed by atoms with Gasteiger partial charge in [0.1, 0.15) is 5.69 Å². The predicted octanol–water partition coefficient (Wildman–Crippen LogP) is 2.52. The maximum Gasteiger partial charge on any atom is 0.413 e. The summed E-state index contributed by atoms with van der Waals surface area (Å²) in [5.41, 5.74) is 2.04. The fourth-order valence-electron chi connectivity index (χ4n) is 1.34. The summed E-state index contributed by atoms with van der Waals surface area (Å²) in [6.07, 6.45) is -2.89. The lowest BCUT2D eigenvalue weighted by atomic mass is 9.94. The average molecular weight is 328 g/mol. The summed E-state index contributed by atoms with van der Waals surface area (Å²) in [7, 11) is 0. The van der Waals surface area contributed by atoms with Crippen molar-refractivity contribution in [2.75, 3.05) is 0 Å². The van der Waals surface area contributed by atoms with Gasteiger partial charge in [0.15, 0.2) is 5.54 Å². The number of rotatable bonds is 4. The number of halogens is 4. The lowest BCUT2D eigenvalue weighted by molar-refractivity contribution is -0.166. The molecule has 0 amide bonds. The second-order valence-electron chi connectivity index (χ2n) is 4.09. The minimum atomic E-state index is -4.81. The largest absolute Gasteiger partial charge is 0.413 e. The highest BCUT2D eigenvalue weighted by molar-refractivity contribution is 9.10. The van der Waals surface area contributed by atoms with E-state index >= 15 is 0 Å². The van der Waals surface area contributed by atoms with Crippen molar-refractivity contribution in [2.24, 2.45) is 5.73 Å². The molecular weight excluding hydrogens is 315 g/mol. The zero-order chi connectivity index (χ0) is 14.1. The number of hydrogen-bond acceptors (Lipinski definition) is 3. The van der Waals surface area contributed by atoms with Crippen molar-refractivity contribution in [3.05, 3.63) is 16.4 Å².